The first-order valence-corrected chi connectivity index (χ1v) is 5.98. The summed E-state index contributed by atoms with van der Waals surface area (Å²) in [5, 5.41) is 19.5. The number of benzene rings is 1. The monoisotopic (exact) mass is 282 g/mol. The van der Waals surface area contributed by atoms with Gasteiger partial charge in [-0.15, -0.1) is 0 Å². The zero-order chi connectivity index (χ0) is 11.5. The maximum absolute atomic E-state index is 9.77. The van der Waals surface area contributed by atoms with Gasteiger partial charge in [-0.1, -0.05) is 28.1 Å². The van der Waals surface area contributed by atoms with Crippen molar-refractivity contribution in [2.45, 2.75) is 12.2 Å². The van der Waals surface area contributed by atoms with Crippen molar-refractivity contribution in [3.63, 3.8) is 0 Å². The molecule has 2 N–H and O–H groups in total. The Morgan fingerprint density at radius 3 is 2.56 bits per heavy atom. The SMILES string of the molecule is OC(CBr)C(O)c1cnc2ccccc2n1. The van der Waals surface area contributed by atoms with E-state index < -0.39 is 12.2 Å². The number of halogens is 1. The summed E-state index contributed by atoms with van der Waals surface area (Å²) >= 11 is 3.10. The third kappa shape index (κ3) is 2.21. The Hall–Kier alpha value is -1.04. The summed E-state index contributed by atoms with van der Waals surface area (Å²) in [5.41, 5.74) is 1.86. The third-order valence-electron chi connectivity index (χ3n) is 2.29. The smallest absolute Gasteiger partial charge is 0.124 e. The molecule has 4 nitrogen and oxygen atoms in total. The minimum atomic E-state index is -1.02. The van der Waals surface area contributed by atoms with Crippen LogP contribution < -0.4 is 0 Å². The van der Waals surface area contributed by atoms with E-state index in [0.29, 0.717) is 16.5 Å². The number of rotatable bonds is 3. The standard InChI is InChI=1S/C11H11BrN2O2/c12-5-10(15)11(16)9-6-13-7-3-1-2-4-8(7)14-9/h1-4,6,10-11,15-16H,5H2. The molecule has 1 heterocycles. The molecule has 0 aliphatic rings. The first-order chi connectivity index (χ1) is 7.72. The maximum Gasteiger partial charge on any atom is 0.124 e. The number of aromatic nitrogens is 2. The fourth-order valence-corrected chi connectivity index (χ4v) is 1.75. The number of hydrogen-bond donors (Lipinski definition) is 2. The number of fused-ring (bicyclic) bond motifs is 1. The predicted molar refractivity (Wildman–Crippen MR) is 64.3 cm³/mol. The number of alkyl halides is 1. The van der Waals surface area contributed by atoms with Gasteiger partial charge in [0.15, 0.2) is 0 Å². The van der Waals surface area contributed by atoms with Crippen LogP contribution in [0.25, 0.3) is 11.0 Å². The summed E-state index contributed by atoms with van der Waals surface area (Å²) in [6.07, 6.45) is -0.411. The first-order valence-electron chi connectivity index (χ1n) is 4.86. The lowest BCUT2D eigenvalue weighted by molar-refractivity contribution is 0.0315. The van der Waals surface area contributed by atoms with Gasteiger partial charge in [0.05, 0.1) is 29.0 Å². The second kappa shape index (κ2) is 4.86. The summed E-state index contributed by atoms with van der Waals surface area (Å²) in [5.74, 6) is 0. The average Bonchev–Trinajstić information content (AvgIpc) is 2.36. The van der Waals surface area contributed by atoms with Gasteiger partial charge in [-0.25, -0.2) is 4.98 Å². The van der Waals surface area contributed by atoms with Gasteiger partial charge >= 0.3 is 0 Å². The lowest BCUT2D eigenvalue weighted by Gasteiger charge is -2.14. The van der Waals surface area contributed by atoms with E-state index in [9.17, 15) is 10.2 Å². The molecule has 0 aliphatic carbocycles. The summed E-state index contributed by atoms with van der Waals surface area (Å²) in [6, 6.07) is 7.40. The van der Waals surface area contributed by atoms with Crippen molar-refractivity contribution in [1.82, 2.24) is 9.97 Å². The van der Waals surface area contributed by atoms with Gasteiger partial charge in [0.1, 0.15) is 6.10 Å². The van der Waals surface area contributed by atoms with Crippen LogP contribution in [0.3, 0.4) is 0 Å². The molecule has 1 aromatic heterocycles. The summed E-state index contributed by atoms with van der Waals surface area (Å²) in [4.78, 5) is 8.42. The molecule has 5 heteroatoms. The van der Waals surface area contributed by atoms with E-state index in [4.69, 9.17) is 0 Å². The highest BCUT2D eigenvalue weighted by atomic mass is 79.9. The first kappa shape index (κ1) is 11.4. The van der Waals surface area contributed by atoms with Crippen LogP contribution in [0.4, 0.5) is 0 Å². The topological polar surface area (TPSA) is 66.2 Å². The number of nitrogens with zero attached hydrogens (tertiary/aromatic N) is 2. The minimum Gasteiger partial charge on any atom is -0.389 e. The Balaban J connectivity index is 2.39. The summed E-state index contributed by atoms with van der Waals surface area (Å²) in [6.45, 7) is 0. The third-order valence-corrected chi connectivity index (χ3v) is 2.96. The second-order valence-corrected chi connectivity index (χ2v) is 4.10. The van der Waals surface area contributed by atoms with Crippen LogP contribution in [0.1, 0.15) is 11.8 Å². The fourth-order valence-electron chi connectivity index (χ4n) is 1.40. The summed E-state index contributed by atoms with van der Waals surface area (Å²) < 4.78 is 0. The van der Waals surface area contributed by atoms with E-state index in [1.807, 2.05) is 24.3 Å². The van der Waals surface area contributed by atoms with E-state index >= 15 is 0 Å². The molecule has 0 saturated heterocycles. The lowest BCUT2D eigenvalue weighted by atomic mass is 10.1. The normalized spacial score (nSPS) is 14.9. The molecule has 2 atom stereocenters. The zero-order valence-electron chi connectivity index (χ0n) is 8.42. The van der Waals surface area contributed by atoms with E-state index in [0.717, 1.165) is 5.52 Å². The van der Waals surface area contributed by atoms with Gasteiger partial charge < -0.3 is 10.2 Å². The molecule has 0 amide bonds. The van der Waals surface area contributed by atoms with Crippen LogP contribution in [-0.2, 0) is 0 Å². The highest BCUT2D eigenvalue weighted by Gasteiger charge is 2.19. The molecule has 0 spiro atoms. The lowest BCUT2D eigenvalue weighted by Crippen LogP contribution is -2.20. The largest absolute Gasteiger partial charge is 0.389 e. The number of para-hydroxylation sites is 2. The van der Waals surface area contributed by atoms with Gasteiger partial charge in [0.2, 0.25) is 0 Å². The molecular formula is C11H11BrN2O2. The molecule has 0 bridgehead atoms. The molecule has 1 aromatic carbocycles. The highest BCUT2D eigenvalue weighted by Crippen LogP contribution is 2.18. The minimum absolute atomic E-state index is 0.294. The van der Waals surface area contributed by atoms with Gasteiger partial charge in [-0.2, -0.15) is 0 Å². The van der Waals surface area contributed by atoms with Crippen LogP contribution >= 0.6 is 15.9 Å². The number of hydrogen-bond acceptors (Lipinski definition) is 4. The molecule has 2 rings (SSSR count). The molecule has 2 unspecified atom stereocenters. The van der Waals surface area contributed by atoms with Crippen molar-refractivity contribution in [1.29, 1.82) is 0 Å². The zero-order valence-corrected chi connectivity index (χ0v) is 10.0. The highest BCUT2D eigenvalue weighted by molar-refractivity contribution is 9.09. The Morgan fingerprint density at radius 2 is 1.88 bits per heavy atom. The Kier molecular flexibility index (Phi) is 3.48. The Morgan fingerprint density at radius 1 is 1.19 bits per heavy atom. The van der Waals surface area contributed by atoms with E-state index in [1.165, 1.54) is 6.20 Å². The Bertz CT molecular complexity index is 492. The summed E-state index contributed by atoms with van der Waals surface area (Å²) in [7, 11) is 0. The number of aliphatic hydroxyl groups is 2. The molecule has 0 saturated carbocycles. The molecular weight excluding hydrogens is 272 g/mol. The molecule has 2 aromatic rings. The quantitative estimate of drug-likeness (QED) is 0.836. The average molecular weight is 283 g/mol. The van der Waals surface area contributed by atoms with Crippen LogP contribution in [-0.4, -0.2) is 31.6 Å². The molecule has 0 radical (unpaired) electrons. The van der Waals surface area contributed by atoms with Crippen LogP contribution in [0, 0.1) is 0 Å². The van der Waals surface area contributed by atoms with Crippen molar-refractivity contribution in [2.24, 2.45) is 0 Å². The van der Waals surface area contributed by atoms with Gasteiger partial charge in [0, 0.05) is 5.33 Å². The van der Waals surface area contributed by atoms with Crippen molar-refractivity contribution >= 4 is 27.0 Å². The van der Waals surface area contributed by atoms with Crippen LogP contribution in [0.2, 0.25) is 0 Å². The fraction of sp³-hybridized carbons (Fsp3) is 0.273. The van der Waals surface area contributed by atoms with Crippen molar-refractivity contribution in [3.8, 4) is 0 Å². The Labute approximate surface area is 101 Å². The molecule has 0 fully saturated rings. The number of aliphatic hydroxyl groups excluding tert-OH is 2. The van der Waals surface area contributed by atoms with E-state index in [1.54, 1.807) is 0 Å². The molecule has 84 valence electrons. The van der Waals surface area contributed by atoms with E-state index in [-0.39, 0.29) is 0 Å². The van der Waals surface area contributed by atoms with Gasteiger partial charge in [0.25, 0.3) is 0 Å². The predicted octanol–water partition coefficient (Wildman–Crippen LogP) is 1.42. The molecule has 0 aliphatic heterocycles. The van der Waals surface area contributed by atoms with Crippen molar-refractivity contribution < 1.29 is 10.2 Å². The van der Waals surface area contributed by atoms with E-state index in [2.05, 4.69) is 25.9 Å². The second-order valence-electron chi connectivity index (χ2n) is 3.45. The van der Waals surface area contributed by atoms with Crippen LogP contribution in [0.5, 0.6) is 0 Å². The van der Waals surface area contributed by atoms with Crippen LogP contribution in [0.15, 0.2) is 30.5 Å². The maximum atomic E-state index is 9.77. The van der Waals surface area contributed by atoms with Gasteiger partial charge in [-0.05, 0) is 12.1 Å². The van der Waals surface area contributed by atoms with Gasteiger partial charge in [-0.3, -0.25) is 4.98 Å². The molecule has 16 heavy (non-hydrogen) atoms. The van der Waals surface area contributed by atoms with Crippen molar-refractivity contribution in [3.05, 3.63) is 36.2 Å². The van der Waals surface area contributed by atoms with Crippen molar-refractivity contribution in [2.75, 3.05) is 5.33 Å².